The summed E-state index contributed by atoms with van der Waals surface area (Å²) >= 11 is 0. The molecule has 2 aliphatic heterocycles. The van der Waals surface area contributed by atoms with Crippen molar-refractivity contribution in [2.45, 2.75) is 94.1 Å². The maximum Gasteiger partial charge on any atom is 0.410 e. The zero-order valence-electron chi connectivity index (χ0n) is 29.4. The van der Waals surface area contributed by atoms with Crippen molar-refractivity contribution in [3.05, 3.63) is 59.8 Å². The average Bonchev–Trinajstić information content (AvgIpc) is 3.96. The quantitative estimate of drug-likeness (QED) is 0.205. The number of likely N-dealkylation sites (tertiary alicyclic amines) is 1. The summed E-state index contributed by atoms with van der Waals surface area (Å²) in [5.74, 6) is -4.04. The molecule has 2 aliphatic carbocycles. The number of benzene rings is 1. The van der Waals surface area contributed by atoms with E-state index in [1.54, 1.807) is 26.8 Å². The van der Waals surface area contributed by atoms with E-state index in [4.69, 9.17) is 9.47 Å². The number of ether oxygens (including phenoxy) is 2. The summed E-state index contributed by atoms with van der Waals surface area (Å²) in [5.41, 5.74) is -1.84. The van der Waals surface area contributed by atoms with Crippen LogP contribution in [0.15, 0.2) is 42.8 Å². The minimum atomic E-state index is -4.12. The highest BCUT2D eigenvalue weighted by Gasteiger charge is 2.62. The van der Waals surface area contributed by atoms with Crippen LogP contribution in [0.5, 0.6) is 0 Å². The van der Waals surface area contributed by atoms with Crippen LogP contribution in [0, 0.1) is 11.7 Å². The molecule has 0 unspecified atom stereocenters. The molecule has 53 heavy (non-hydrogen) atoms. The van der Waals surface area contributed by atoms with Gasteiger partial charge >= 0.3 is 12.2 Å². The molecule has 290 valence electrons. The number of amides is 5. The Balaban J connectivity index is 1.40. The Labute approximate surface area is 306 Å². The number of carbonyl (C=O) groups is 5. The Morgan fingerprint density at radius 3 is 2.38 bits per heavy atom. The van der Waals surface area contributed by atoms with Crippen LogP contribution in [0.25, 0.3) is 0 Å². The Morgan fingerprint density at radius 1 is 1.09 bits per heavy atom. The monoisotopic (exact) mass is 782 g/mol. The number of fused-ring (bicyclic) bond motifs is 1. The molecular formula is C33H43FN6O11S2. The molecule has 0 spiro atoms. The van der Waals surface area contributed by atoms with Crippen LogP contribution in [0.2, 0.25) is 0 Å². The first kappa shape index (κ1) is 39.6. The number of rotatable bonds is 13. The summed E-state index contributed by atoms with van der Waals surface area (Å²) in [5, 5.41) is 4.77. The van der Waals surface area contributed by atoms with Crippen molar-refractivity contribution < 1.29 is 54.7 Å². The molecule has 1 aromatic carbocycles. The lowest BCUT2D eigenvalue weighted by Gasteiger charge is -2.30. The fraction of sp³-hybridized carbons (Fsp3) is 0.545. The van der Waals surface area contributed by atoms with Crippen LogP contribution < -0.4 is 20.1 Å². The predicted molar refractivity (Wildman–Crippen MR) is 186 cm³/mol. The van der Waals surface area contributed by atoms with Crippen LogP contribution in [0.4, 0.5) is 14.0 Å². The largest absolute Gasteiger partial charge is 0.444 e. The van der Waals surface area contributed by atoms with E-state index in [1.165, 1.54) is 23.1 Å². The van der Waals surface area contributed by atoms with Crippen molar-refractivity contribution >= 4 is 50.0 Å². The number of sulfonamides is 2. The highest BCUT2D eigenvalue weighted by atomic mass is 32.2. The van der Waals surface area contributed by atoms with Crippen LogP contribution in [-0.2, 0) is 57.0 Å². The third-order valence-electron chi connectivity index (χ3n) is 9.25. The molecule has 17 nitrogen and oxygen atoms in total. The van der Waals surface area contributed by atoms with E-state index < -0.39 is 109 Å². The van der Waals surface area contributed by atoms with Gasteiger partial charge in [0.15, 0.2) is 0 Å². The van der Waals surface area contributed by atoms with Crippen molar-refractivity contribution in [2.24, 2.45) is 5.92 Å². The van der Waals surface area contributed by atoms with Gasteiger partial charge in [-0.15, -0.1) is 6.58 Å². The van der Waals surface area contributed by atoms with E-state index in [0.29, 0.717) is 29.4 Å². The summed E-state index contributed by atoms with van der Waals surface area (Å²) in [4.78, 5) is 69.9. The van der Waals surface area contributed by atoms with Crippen LogP contribution in [-0.4, -0.2) is 104 Å². The van der Waals surface area contributed by atoms with E-state index in [0.717, 1.165) is 4.90 Å². The van der Waals surface area contributed by atoms with Crippen LogP contribution >= 0.6 is 0 Å². The molecule has 5 atom stereocenters. The van der Waals surface area contributed by atoms with E-state index in [2.05, 4.69) is 28.5 Å². The average molecular weight is 783 g/mol. The van der Waals surface area contributed by atoms with E-state index in [9.17, 15) is 45.2 Å². The summed E-state index contributed by atoms with van der Waals surface area (Å²) in [6.45, 7) is 10.4. The van der Waals surface area contributed by atoms with E-state index in [1.807, 2.05) is 4.72 Å². The molecule has 1 aromatic rings. The molecule has 0 aromatic heterocycles. The Bertz CT molecular complexity index is 1930. The molecule has 3 fully saturated rings. The molecule has 1 saturated heterocycles. The topological polar surface area (TPSA) is 227 Å². The van der Waals surface area contributed by atoms with Gasteiger partial charge in [-0.05, 0) is 51.7 Å². The minimum absolute atomic E-state index is 0.00553. The molecule has 0 bridgehead atoms. The molecule has 2 heterocycles. The van der Waals surface area contributed by atoms with Crippen molar-refractivity contribution in [1.82, 2.24) is 29.9 Å². The van der Waals surface area contributed by atoms with Crippen molar-refractivity contribution in [2.75, 3.05) is 13.1 Å². The van der Waals surface area contributed by atoms with Gasteiger partial charge in [0.05, 0.1) is 18.3 Å². The number of nitrogens with one attached hydrogen (secondary N) is 4. The van der Waals surface area contributed by atoms with Gasteiger partial charge in [0.2, 0.25) is 31.9 Å². The zero-order chi connectivity index (χ0) is 39.1. The fourth-order valence-corrected chi connectivity index (χ4v) is 8.11. The van der Waals surface area contributed by atoms with Gasteiger partial charge in [-0.2, -0.15) is 0 Å². The minimum Gasteiger partial charge on any atom is -0.444 e. The predicted octanol–water partition coefficient (Wildman–Crippen LogP) is 0.873. The summed E-state index contributed by atoms with van der Waals surface area (Å²) in [6.07, 6.45) is -1.25. The SMILES string of the molecule is C=C[C@@H]1C[C@]1(NC(=O)[C@@H]1C[C@@H](OC(=O)N2Cc3cccc(F)c3C2)CN1C(=O)[C@H](CNS(=O)(=O)C=C)NC(=O)OC(C)(C)C)C(=O)NS(=O)(=O)C1CC1. The molecule has 4 N–H and O–H groups in total. The molecule has 4 aliphatic rings. The third-order valence-corrected chi connectivity index (χ3v) is 12.1. The Kier molecular flexibility index (Phi) is 11.0. The highest BCUT2D eigenvalue weighted by Crippen LogP contribution is 2.45. The van der Waals surface area contributed by atoms with Crippen LogP contribution in [0.3, 0.4) is 0 Å². The van der Waals surface area contributed by atoms with Gasteiger partial charge in [0, 0.05) is 36.4 Å². The Hall–Kier alpha value is -4.56. The second-order valence-corrected chi connectivity index (χ2v) is 18.1. The molecule has 5 amide bonds. The summed E-state index contributed by atoms with van der Waals surface area (Å²) in [7, 11) is -8.12. The van der Waals surface area contributed by atoms with Crippen molar-refractivity contribution in [3.8, 4) is 0 Å². The van der Waals surface area contributed by atoms with Gasteiger partial charge in [0.1, 0.15) is 35.1 Å². The zero-order valence-corrected chi connectivity index (χ0v) is 31.1. The normalized spacial score (nSPS) is 24.3. The second-order valence-electron chi connectivity index (χ2n) is 14.4. The maximum atomic E-state index is 14.4. The number of hydrogen-bond acceptors (Lipinski definition) is 11. The van der Waals surface area contributed by atoms with Crippen molar-refractivity contribution in [3.63, 3.8) is 0 Å². The van der Waals surface area contributed by atoms with Gasteiger partial charge in [-0.3, -0.25) is 24.0 Å². The number of hydrogen-bond donors (Lipinski definition) is 4. The number of carbonyl (C=O) groups excluding carboxylic acids is 5. The first-order valence-corrected chi connectivity index (χ1v) is 19.9. The van der Waals surface area contributed by atoms with Gasteiger partial charge < -0.3 is 25.0 Å². The van der Waals surface area contributed by atoms with Crippen molar-refractivity contribution in [1.29, 1.82) is 0 Å². The molecule has 5 rings (SSSR count). The summed E-state index contributed by atoms with van der Waals surface area (Å²) in [6, 6.07) is 1.30. The number of alkyl carbamates (subject to hydrolysis) is 1. The Morgan fingerprint density at radius 2 is 1.79 bits per heavy atom. The number of halogens is 1. The molecule has 2 saturated carbocycles. The lowest BCUT2D eigenvalue weighted by Crippen LogP contribution is -2.59. The highest BCUT2D eigenvalue weighted by molar-refractivity contribution is 7.92. The molecule has 0 radical (unpaired) electrons. The van der Waals surface area contributed by atoms with Gasteiger partial charge in [-0.25, -0.2) is 35.5 Å². The van der Waals surface area contributed by atoms with Gasteiger partial charge in [-0.1, -0.05) is 24.8 Å². The lowest BCUT2D eigenvalue weighted by molar-refractivity contribution is -0.141. The third kappa shape index (κ3) is 9.15. The van der Waals surface area contributed by atoms with Gasteiger partial charge in [0.25, 0.3) is 5.91 Å². The summed E-state index contributed by atoms with van der Waals surface area (Å²) < 4.78 is 79.2. The van der Waals surface area contributed by atoms with Crippen LogP contribution in [0.1, 0.15) is 57.6 Å². The number of nitrogens with zero attached hydrogens (tertiary/aromatic N) is 2. The molecule has 20 heteroatoms. The van der Waals surface area contributed by atoms with E-state index >= 15 is 0 Å². The first-order valence-electron chi connectivity index (χ1n) is 16.8. The standard InChI is InChI=1S/C33H43FN6O11S2/c1-6-20-14-33(20,29(43)38-53(48,49)22-11-12-22)37-27(41)26-13-21(50-31(45)39-16-19-9-8-10-24(34)23(19)18-39)17-40(26)28(42)25(15-35-52(46,47)7-2)36-30(44)51-32(3,4)5/h6-10,20-22,25-26,35H,1-2,11-18H2,3-5H3,(H,36,44)(H,37,41)(H,38,43)/t20-,21-,25+,26+,33-/m1/s1. The first-order chi connectivity index (χ1) is 24.7. The smallest absolute Gasteiger partial charge is 0.410 e. The molecular weight excluding hydrogens is 740 g/mol. The fourth-order valence-electron chi connectivity index (χ4n) is 6.23. The van der Waals surface area contributed by atoms with E-state index in [-0.39, 0.29) is 25.9 Å². The lowest BCUT2D eigenvalue weighted by atomic mass is 10.1. The second kappa shape index (κ2) is 14.7. The maximum absolute atomic E-state index is 14.4.